The maximum Gasteiger partial charge on any atom is 0.338 e. The van der Waals surface area contributed by atoms with Crippen molar-refractivity contribution in [1.29, 1.82) is 5.26 Å². The van der Waals surface area contributed by atoms with E-state index < -0.39 is 23.9 Å². The molecule has 0 radical (unpaired) electrons. The lowest BCUT2D eigenvalue weighted by Crippen LogP contribution is -2.44. The lowest BCUT2D eigenvalue weighted by molar-refractivity contribution is -0.142. The number of rotatable bonds is 8. The number of aliphatic carboxylic acids is 1. The van der Waals surface area contributed by atoms with E-state index in [0.29, 0.717) is 11.3 Å². The van der Waals surface area contributed by atoms with Crippen molar-refractivity contribution in [3.05, 3.63) is 41.6 Å². The van der Waals surface area contributed by atoms with Crippen LogP contribution >= 0.6 is 0 Å². The number of benzene rings is 1. The molecular formula is C18H21N3O5. The van der Waals surface area contributed by atoms with Gasteiger partial charge in [0.25, 0.3) is 5.91 Å². The van der Waals surface area contributed by atoms with Crippen LogP contribution in [0.25, 0.3) is 0 Å². The van der Waals surface area contributed by atoms with Crippen molar-refractivity contribution in [3.8, 4) is 6.07 Å². The standard InChI is InChI=1S/C18H21N3O5/c1-4-26-18(25)12-5-7-14(8-6-12)20-10-13(9-19)16(22)21-15(11(2)3)17(23)24/h5-8,10-11,15,20H,4H2,1-3H3,(H,21,22)(H,23,24)/b13-10-. The van der Waals surface area contributed by atoms with Gasteiger partial charge in [0.2, 0.25) is 0 Å². The molecule has 0 aliphatic heterocycles. The number of anilines is 1. The molecule has 0 heterocycles. The summed E-state index contributed by atoms with van der Waals surface area (Å²) in [5.41, 5.74) is 0.643. The first-order chi connectivity index (χ1) is 12.3. The molecule has 1 aromatic carbocycles. The monoisotopic (exact) mass is 359 g/mol. The molecule has 8 nitrogen and oxygen atoms in total. The van der Waals surface area contributed by atoms with Crippen LogP contribution in [0.3, 0.4) is 0 Å². The van der Waals surface area contributed by atoms with Crippen LogP contribution in [0.2, 0.25) is 0 Å². The summed E-state index contributed by atoms with van der Waals surface area (Å²) in [6.07, 6.45) is 1.17. The zero-order chi connectivity index (χ0) is 19.7. The van der Waals surface area contributed by atoms with Crippen molar-refractivity contribution < 1.29 is 24.2 Å². The van der Waals surface area contributed by atoms with E-state index in [0.717, 1.165) is 0 Å². The average molecular weight is 359 g/mol. The Bertz CT molecular complexity index is 732. The Hall–Kier alpha value is -3.34. The molecule has 0 aliphatic rings. The van der Waals surface area contributed by atoms with E-state index in [2.05, 4.69) is 10.6 Å². The second-order valence-corrected chi connectivity index (χ2v) is 5.65. The quantitative estimate of drug-likeness (QED) is 0.367. The number of amides is 1. The minimum atomic E-state index is -1.17. The number of hydrogen-bond donors (Lipinski definition) is 3. The first kappa shape index (κ1) is 20.7. The number of ether oxygens (including phenoxy) is 1. The van der Waals surface area contributed by atoms with Gasteiger partial charge in [-0.25, -0.2) is 9.59 Å². The molecule has 0 aromatic heterocycles. The second kappa shape index (κ2) is 9.84. The third-order valence-electron chi connectivity index (χ3n) is 3.36. The van der Waals surface area contributed by atoms with Gasteiger partial charge in [-0.3, -0.25) is 4.79 Å². The number of carbonyl (C=O) groups is 3. The molecule has 8 heteroatoms. The summed E-state index contributed by atoms with van der Waals surface area (Å²) in [7, 11) is 0. The van der Waals surface area contributed by atoms with Gasteiger partial charge in [-0.15, -0.1) is 0 Å². The Morgan fingerprint density at radius 3 is 2.35 bits per heavy atom. The average Bonchev–Trinajstić information content (AvgIpc) is 2.60. The van der Waals surface area contributed by atoms with Crippen LogP contribution in [-0.2, 0) is 14.3 Å². The predicted molar refractivity (Wildman–Crippen MR) is 94.1 cm³/mol. The number of nitriles is 1. The summed E-state index contributed by atoms with van der Waals surface area (Å²) < 4.78 is 4.88. The van der Waals surface area contributed by atoms with Crippen LogP contribution in [-0.4, -0.2) is 35.6 Å². The molecule has 1 atom stereocenters. The number of carbonyl (C=O) groups excluding carboxylic acids is 2. The van der Waals surface area contributed by atoms with Crippen molar-refractivity contribution in [2.24, 2.45) is 5.92 Å². The first-order valence-corrected chi connectivity index (χ1v) is 7.97. The normalized spacial score (nSPS) is 12.0. The Morgan fingerprint density at radius 1 is 1.27 bits per heavy atom. The molecule has 0 saturated carbocycles. The SMILES string of the molecule is CCOC(=O)c1ccc(N/C=C(/C#N)C(=O)NC(C(=O)O)C(C)C)cc1. The van der Waals surface area contributed by atoms with Crippen LogP contribution in [0.4, 0.5) is 5.69 Å². The van der Waals surface area contributed by atoms with Crippen LogP contribution in [0, 0.1) is 17.2 Å². The van der Waals surface area contributed by atoms with Crippen LogP contribution < -0.4 is 10.6 Å². The van der Waals surface area contributed by atoms with Crippen molar-refractivity contribution in [3.63, 3.8) is 0 Å². The van der Waals surface area contributed by atoms with E-state index in [1.54, 1.807) is 51.1 Å². The van der Waals surface area contributed by atoms with E-state index in [4.69, 9.17) is 15.1 Å². The molecule has 1 unspecified atom stereocenters. The molecule has 138 valence electrons. The lowest BCUT2D eigenvalue weighted by atomic mass is 10.0. The van der Waals surface area contributed by atoms with Crippen LogP contribution in [0.15, 0.2) is 36.0 Å². The number of hydrogen-bond acceptors (Lipinski definition) is 6. The molecular weight excluding hydrogens is 338 g/mol. The number of carboxylic acid groups (broad SMARTS) is 1. The van der Waals surface area contributed by atoms with Crippen molar-refractivity contribution in [2.45, 2.75) is 26.8 Å². The van der Waals surface area contributed by atoms with Crippen molar-refractivity contribution in [1.82, 2.24) is 5.32 Å². The first-order valence-electron chi connectivity index (χ1n) is 7.97. The lowest BCUT2D eigenvalue weighted by Gasteiger charge is -2.17. The topological polar surface area (TPSA) is 129 Å². The number of nitrogens with one attached hydrogen (secondary N) is 2. The fraction of sp³-hybridized carbons (Fsp3) is 0.333. The fourth-order valence-electron chi connectivity index (χ4n) is 1.95. The van der Waals surface area contributed by atoms with E-state index >= 15 is 0 Å². The third-order valence-corrected chi connectivity index (χ3v) is 3.36. The van der Waals surface area contributed by atoms with Gasteiger partial charge < -0.3 is 20.5 Å². The van der Waals surface area contributed by atoms with Crippen LogP contribution in [0.1, 0.15) is 31.1 Å². The summed E-state index contributed by atoms with van der Waals surface area (Å²) in [6.45, 7) is 5.29. The maximum absolute atomic E-state index is 12.1. The molecule has 0 saturated heterocycles. The summed E-state index contributed by atoms with van der Waals surface area (Å²) in [4.78, 5) is 34.8. The highest BCUT2D eigenvalue weighted by molar-refractivity contribution is 5.99. The van der Waals surface area contributed by atoms with Gasteiger partial charge in [-0.1, -0.05) is 13.8 Å². The van der Waals surface area contributed by atoms with Gasteiger partial charge in [-0.05, 0) is 37.1 Å². The minimum absolute atomic E-state index is 0.272. The smallest absolute Gasteiger partial charge is 0.338 e. The fourth-order valence-corrected chi connectivity index (χ4v) is 1.95. The summed E-state index contributed by atoms with van der Waals surface area (Å²) in [5.74, 6) is -2.74. The zero-order valence-corrected chi connectivity index (χ0v) is 14.8. The summed E-state index contributed by atoms with van der Waals surface area (Å²) in [6, 6.07) is 6.88. The molecule has 0 spiro atoms. The Balaban J connectivity index is 2.81. The highest BCUT2D eigenvalue weighted by Crippen LogP contribution is 2.11. The summed E-state index contributed by atoms with van der Waals surface area (Å²) >= 11 is 0. The second-order valence-electron chi connectivity index (χ2n) is 5.65. The Labute approximate surface area is 151 Å². The molecule has 3 N–H and O–H groups in total. The largest absolute Gasteiger partial charge is 0.480 e. The zero-order valence-electron chi connectivity index (χ0n) is 14.8. The van der Waals surface area contributed by atoms with E-state index in [-0.39, 0.29) is 18.1 Å². The van der Waals surface area contributed by atoms with Crippen molar-refractivity contribution in [2.75, 3.05) is 11.9 Å². The van der Waals surface area contributed by atoms with Gasteiger partial charge >= 0.3 is 11.9 Å². The Kier molecular flexibility index (Phi) is 7.83. The third kappa shape index (κ3) is 5.94. The van der Waals surface area contributed by atoms with Gasteiger partial charge in [-0.2, -0.15) is 5.26 Å². The highest BCUT2D eigenvalue weighted by Gasteiger charge is 2.24. The highest BCUT2D eigenvalue weighted by atomic mass is 16.5. The Morgan fingerprint density at radius 2 is 1.88 bits per heavy atom. The number of nitrogens with zero attached hydrogens (tertiary/aromatic N) is 1. The van der Waals surface area contributed by atoms with Gasteiger partial charge in [0.15, 0.2) is 0 Å². The van der Waals surface area contributed by atoms with E-state index in [1.807, 2.05) is 0 Å². The van der Waals surface area contributed by atoms with Gasteiger partial charge in [0.1, 0.15) is 17.7 Å². The van der Waals surface area contributed by atoms with E-state index in [1.165, 1.54) is 6.20 Å². The molecule has 1 rings (SSSR count). The maximum atomic E-state index is 12.1. The number of carboxylic acids is 1. The molecule has 0 bridgehead atoms. The molecule has 1 aromatic rings. The molecule has 0 fully saturated rings. The molecule has 26 heavy (non-hydrogen) atoms. The number of esters is 1. The molecule has 0 aliphatic carbocycles. The molecule has 1 amide bonds. The van der Waals surface area contributed by atoms with Crippen LogP contribution in [0.5, 0.6) is 0 Å². The minimum Gasteiger partial charge on any atom is -0.480 e. The van der Waals surface area contributed by atoms with Gasteiger partial charge in [0, 0.05) is 11.9 Å². The predicted octanol–water partition coefficient (Wildman–Crippen LogP) is 1.91. The van der Waals surface area contributed by atoms with Crippen molar-refractivity contribution >= 4 is 23.5 Å². The van der Waals surface area contributed by atoms with Gasteiger partial charge in [0.05, 0.1) is 12.2 Å². The van der Waals surface area contributed by atoms with E-state index in [9.17, 15) is 14.4 Å². The summed E-state index contributed by atoms with van der Waals surface area (Å²) in [5, 5.41) is 23.3.